The second-order valence-corrected chi connectivity index (χ2v) is 5.17. The van der Waals surface area contributed by atoms with Crippen molar-refractivity contribution in [3.63, 3.8) is 0 Å². The average Bonchev–Trinajstić information content (AvgIpc) is 2.38. The standard InChI is InChI=1S/C16H25NO2/c1-5-19-16(18)15(17-12(2)3)11-13(4)14-9-7-6-8-10-14/h6-10,12-13,15,17H,5,11H2,1-4H3. The maximum Gasteiger partial charge on any atom is 0.323 e. The number of benzene rings is 1. The van der Waals surface area contributed by atoms with Crippen LogP contribution in [0.5, 0.6) is 0 Å². The summed E-state index contributed by atoms with van der Waals surface area (Å²) in [4.78, 5) is 12.0. The van der Waals surface area contributed by atoms with Crippen LogP contribution in [0.1, 0.15) is 45.6 Å². The third-order valence-corrected chi connectivity index (χ3v) is 3.06. The van der Waals surface area contributed by atoms with E-state index in [1.54, 1.807) is 0 Å². The van der Waals surface area contributed by atoms with Gasteiger partial charge in [-0.2, -0.15) is 0 Å². The number of carbonyl (C=O) groups excluding carboxylic acids is 1. The largest absolute Gasteiger partial charge is 0.465 e. The molecule has 2 unspecified atom stereocenters. The molecule has 2 atom stereocenters. The van der Waals surface area contributed by atoms with E-state index in [2.05, 4.69) is 24.4 Å². The smallest absolute Gasteiger partial charge is 0.323 e. The monoisotopic (exact) mass is 263 g/mol. The lowest BCUT2D eigenvalue weighted by Crippen LogP contribution is -2.42. The van der Waals surface area contributed by atoms with Gasteiger partial charge in [-0.3, -0.25) is 4.79 Å². The summed E-state index contributed by atoms with van der Waals surface area (Å²) in [6.45, 7) is 8.49. The Morgan fingerprint density at radius 1 is 1.21 bits per heavy atom. The van der Waals surface area contributed by atoms with Crippen LogP contribution >= 0.6 is 0 Å². The summed E-state index contributed by atoms with van der Waals surface area (Å²) in [7, 11) is 0. The molecule has 1 aromatic carbocycles. The quantitative estimate of drug-likeness (QED) is 0.768. The number of hydrogen-bond acceptors (Lipinski definition) is 3. The fourth-order valence-electron chi connectivity index (χ4n) is 2.15. The van der Waals surface area contributed by atoms with E-state index in [0.717, 1.165) is 6.42 Å². The van der Waals surface area contributed by atoms with E-state index in [1.165, 1.54) is 5.56 Å². The van der Waals surface area contributed by atoms with Gasteiger partial charge in [-0.05, 0) is 24.8 Å². The molecule has 1 rings (SSSR count). The second kappa shape index (κ2) is 7.95. The number of esters is 1. The van der Waals surface area contributed by atoms with Gasteiger partial charge >= 0.3 is 5.97 Å². The molecule has 0 bridgehead atoms. The summed E-state index contributed by atoms with van der Waals surface area (Å²) in [5.74, 6) is 0.167. The normalized spacial score (nSPS) is 14.2. The first-order valence-electron chi connectivity index (χ1n) is 7.02. The van der Waals surface area contributed by atoms with Crippen molar-refractivity contribution < 1.29 is 9.53 Å². The zero-order valence-electron chi connectivity index (χ0n) is 12.3. The summed E-state index contributed by atoms with van der Waals surface area (Å²) in [5, 5.41) is 3.29. The molecular weight excluding hydrogens is 238 g/mol. The third-order valence-electron chi connectivity index (χ3n) is 3.06. The van der Waals surface area contributed by atoms with Gasteiger partial charge in [0.2, 0.25) is 0 Å². The molecule has 0 aromatic heterocycles. The van der Waals surface area contributed by atoms with Crippen molar-refractivity contribution in [2.45, 2.75) is 52.1 Å². The Morgan fingerprint density at radius 2 is 1.84 bits per heavy atom. The molecule has 0 spiro atoms. The van der Waals surface area contributed by atoms with Crippen molar-refractivity contribution in [1.82, 2.24) is 5.32 Å². The van der Waals surface area contributed by atoms with E-state index >= 15 is 0 Å². The maximum atomic E-state index is 12.0. The van der Waals surface area contributed by atoms with Crippen LogP contribution in [0.2, 0.25) is 0 Å². The molecule has 3 nitrogen and oxygen atoms in total. The maximum absolute atomic E-state index is 12.0. The van der Waals surface area contributed by atoms with Gasteiger partial charge in [-0.25, -0.2) is 0 Å². The molecule has 19 heavy (non-hydrogen) atoms. The molecule has 0 radical (unpaired) electrons. The second-order valence-electron chi connectivity index (χ2n) is 5.17. The molecule has 0 aliphatic carbocycles. The predicted molar refractivity (Wildman–Crippen MR) is 78.2 cm³/mol. The molecule has 3 heteroatoms. The Hall–Kier alpha value is -1.35. The van der Waals surface area contributed by atoms with Crippen LogP contribution < -0.4 is 5.32 Å². The first kappa shape index (κ1) is 15.7. The van der Waals surface area contributed by atoms with Gasteiger partial charge in [0, 0.05) is 6.04 Å². The summed E-state index contributed by atoms with van der Waals surface area (Å²) in [6.07, 6.45) is 0.751. The van der Waals surface area contributed by atoms with Crippen molar-refractivity contribution in [3.05, 3.63) is 35.9 Å². The number of carbonyl (C=O) groups is 1. The first-order valence-corrected chi connectivity index (χ1v) is 7.02. The molecule has 0 saturated carbocycles. The Balaban J connectivity index is 2.68. The predicted octanol–water partition coefficient (Wildman–Crippen LogP) is 3.11. The molecule has 106 valence electrons. The van der Waals surface area contributed by atoms with Crippen LogP contribution in [0, 0.1) is 0 Å². The van der Waals surface area contributed by atoms with E-state index in [9.17, 15) is 4.79 Å². The van der Waals surface area contributed by atoms with E-state index in [1.807, 2.05) is 39.0 Å². The van der Waals surface area contributed by atoms with Gasteiger partial charge in [0.05, 0.1) is 6.61 Å². The third kappa shape index (κ3) is 5.43. The summed E-state index contributed by atoms with van der Waals surface area (Å²) < 4.78 is 5.14. The highest BCUT2D eigenvalue weighted by molar-refractivity contribution is 5.75. The van der Waals surface area contributed by atoms with Crippen LogP contribution in [0.4, 0.5) is 0 Å². The fraction of sp³-hybridized carbons (Fsp3) is 0.562. The topological polar surface area (TPSA) is 38.3 Å². The molecule has 0 fully saturated rings. The van der Waals surface area contributed by atoms with Crippen molar-refractivity contribution in [2.75, 3.05) is 6.61 Å². The Labute approximate surface area is 116 Å². The van der Waals surface area contributed by atoms with E-state index < -0.39 is 0 Å². The van der Waals surface area contributed by atoms with Crippen molar-refractivity contribution in [1.29, 1.82) is 0 Å². The zero-order chi connectivity index (χ0) is 14.3. The minimum Gasteiger partial charge on any atom is -0.465 e. The lowest BCUT2D eigenvalue weighted by Gasteiger charge is -2.23. The Bertz CT molecular complexity index is 376. The van der Waals surface area contributed by atoms with E-state index in [-0.39, 0.29) is 18.1 Å². The van der Waals surface area contributed by atoms with Crippen LogP contribution in [0.3, 0.4) is 0 Å². The summed E-state index contributed by atoms with van der Waals surface area (Å²) in [5.41, 5.74) is 1.25. The van der Waals surface area contributed by atoms with Gasteiger partial charge in [0.15, 0.2) is 0 Å². The SMILES string of the molecule is CCOC(=O)C(CC(C)c1ccccc1)NC(C)C. The molecule has 0 amide bonds. The average molecular weight is 263 g/mol. The Kier molecular flexibility index (Phi) is 6.57. The number of rotatable bonds is 7. The highest BCUT2D eigenvalue weighted by Gasteiger charge is 2.23. The minimum atomic E-state index is -0.241. The minimum absolute atomic E-state index is 0.154. The van der Waals surface area contributed by atoms with Gasteiger partial charge in [-0.15, -0.1) is 0 Å². The molecule has 1 aromatic rings. The van der Waals surface area contributed by atoms with Crippen LogP contribution in [0.15, 0.2) is 30.3 Å². The zero-order valence-corrected chi connectivity index (χ0v) is 12.3. The lowest BCUT2D eigenvalue weighted by atomic mass is 9.93. The number of ether oxygens (including phenoxy) is 1. The molecule has 0 aliphatic rings. The fourth-order valence-corrected chi connectivity index (χ4v) is 2.15. The van der Waals surface area contributed by atoms with Crippen LogP contribution in [-0.2, 0) is 9.53 Å². The summed E-state index contributed by atoms with van der Waals surface area (Å²) in [6, 6.07) is 10.3. The Morgan fingerprint density at radius 3 is 2.37 bits per heavy atom. The van der Waals surface area contributed by atoms with E-state index in [0.29, 0.717) is 12.5 Å². The van der Waals surface area contributed by atoms with E-state index in [4.69, 9.17) is 4.74 Å². The molecule has 0 heterocycles. The van der Waals surface area contributed by atoms with Crippen LogP contribution in [0.25, 0.3) is 0 Å². The van der Waals surface area contributed by atoms with Gasteiger partial charge in [0.25, 0.3) is 0 Å². The van der Waals surface area contributed by atoms with Gasteiger partial charge in [-0.1, -0.05) is 51.1 Å². The molecule has 1 N–H and O–H groups in total. The number of hydrogen-bond donors (Lipinski definition) is 1. The highest BCUT2D eigenvalue weighted by atomic mass is 16.5. The molecule has 0 aliphatic heterocycles. The first-order chi connectivity index (χ1) is 9.04. The van der Waals surface area contributed by atoms with Crippen LogP contribution in [-0.4, -0.2) is 24.7 Å². The van der Waals surface area contributed by atoms with Gasteiger partial charge in [0.1, 0.15) is 6.04 Å². The van der Waals surface area contributed by atoms with Crippen molar-refractivity contribution in [2.24, 2.45) is 0 Å². The highest BCUT2D eigenvalue weighted by Crippen LogP contribution is 2.21. The molecular formula is C16H25NO2. The lowest BCUT2D eigenvalue weighted by molar-refractivity contribution is -0.146. The van der Waals surface area contributed by atoms with Gasteiger partial charge < -0.3 is 10.1 Å². The molecule has 0 saturated heterocycles. The summed E-state index contributed by atoms with van der Waals surface area (Å²) >= 11 is 0. The number of nitrogens with one attached hydrogen (secondary N) is 1. The van der Waals surface area contributed by atoms with Crippen molar-refractivity contribution >= 4 is 5.97 Å². The van der Waals surface area contributed by atoms with Crippen molar-refractivity contribution in [3.8, 4) is 0 Å².